The fourth-order valence-corrected chi connectivity index (χ4v) is 2.15. The maximum Gasteiger partial charge on any atom is 0.343 e. The topological polar surface area (TPSA) is 52.8 Å². The van der Waals surface area contributed by atoms with Gasteiger partial charge < -0.3 is 4.74 Å². The first-order valence-electron chi connectivity index (χ1n) is 5.07. The van der Waals surface area contributed by atoms with Gasteiger partial charge in [0.1, 0.15) is 11.5 Å². The fraction of sp³-hybridized carbons (Fsp3) is 0. The Balaban J connectivity index is 1.82. The molecule has 0 amide bonds. The Bertz CT molecular complexity index is 652. The first-order valence-corrected chi connectivity index (χ1v) is 6.33. The highest BCUT2D eigenvalue weighted by Gasteiger charge is 2.07. The largest absolute Gasteiger partial charge is 0.394 e. The summed E-state index contributed by atoms with van der Waals surface area (Å²) < 4.78 is 7.01. The summed E-state index contributed by atoms with van der Waals surface area (Å²) >= 11 is 7.00. The standard InChI is InChI=1S/C11H7ClN4OS/c12-9-6-18-11(14-9)17-10-13-7-16(15-10)8-4-2-1-3-5-8/h1-7H. The number of aromatic nitrogens is 4. The predicted molar refractivity (Wildman–Crippen MR) is 68.6 cm³/mol. The summed E-state index contributed by atoms with van der Waals surface area (Å²) in [5.74, 6) is 0. The zero-order valence-corrected chi connectivity index (χ0v) is 10.6. The number of benzene rings is 1. The molecule has 0 bridgehead atoms. The van der Waals surface area contributed by atoms with Crippen LogP contribution in [-0.4, -0.2) is 19.7 Å². The summed E-state index contributed by atoms with van der Waals surface area (Å²) in [4.78, 5) is 8.01. The Morgan fingerprint density at radius 3 is 2.78 bits per heavy atom. The van der Waals surface area contributed by atoms with Crippen molar-refractivity contribution in [1.82, 2.24) is 19.7 Å². The SMILES string of the molecule is Clc1csc(Oc2ncn(-c3ccccc3)n2)n1. The first-order chi connectivity index (χ1) is 8.81. The Morgan fingerprint density at radius 1 is 1.22 bits per heavy atom. The molecule has 0 N–H and O–H groups in total. The van der Waals surface area contributed by atoms with Crippen molar-refractivity contribution in [2.45, 2.75) is 0 Å². The van der Waals surface area contributed by atoms with Gasteiger partial charge in [-0.1, -0.05) is 41.1 Å². The van der Waals surface area contributed by atoms with Gasteiger partial charge in [0, 0.05) is 5.38 Å². The van der Waals surface area contributed by atoms with E-state index in [0.29, 0.717) is 10.3 Å². The van der Waals surface area contributed by atoms with Gasteiger partial charge in [-0.25, -0.2) is 4.68 Å². The van der Waals surface area contributed by atoms with Crippen LogP contribution >= 0.6 is 22.9 Å². The Hall–Kier alpha value is -1.92. The quantitative estimate of drug-likeness (QED) is 0.738. The minimum Gasteiger partial charge on any atom is -0.394 e. The van der Waals surface area contributed by atoms with Gasteiger partial charge in [0.05, 0.1) is 5.69 Å². The third-order valence-corrected chi connectivity index (χ3v) is 3.17. The Labute approximate surface area is 112 Å². The van der Waals surface area contributed by atoms with Gasteiger partial charge in [0.25, 0.3) is 5.19 Å². The average Bonchev–Trinajstić information content (AvgIpc) is 3.01. The van der Waals surface area contributed by atoms with Crippen LogP contribution in [0.2, 0.25) is 5.15 Å². The van der Waals surface area contributed by atoms with E-state index in [-0.39, 0.29) is 6.01 Å². The number of nitrogens with zero attached hydrogens (tertiary/aromatic N) is 4. The molecule has 0 fully saturated rings. The molecule has 0 aliphatic rings. The van der Waals surface area contributed by atoms with Crippen molar-refractivity contribution in [3.8, 4) is 16.9 Å². The number of rotatable bonds is 3. The number of halogens is 1. The van der Waals surface area contributed by atoms with Crippen molar-refractivity contribution >= 4 is 22.9 Å². The molecule has 0 unspecified atom stereocenters. The average molecular weight is 279 g/mol. The van der Waals surface area contributed by atoms with Gasteiger partial charge in [-0.2, -0.15) is 9.97 Å². The summed E-state index contributed by atoms with van der Waals surface area (Å²) in [5.41, 5.74) is 0.914. The van der Waals surface area contributed by atoms with Gasteiger partial charge in [-0.3, -0.25) is 0 Å². The zero-order chi connectivity index (χ0) is 12.4. The van der Waals surface area contributed by atoms with Crippen LogP contribution in [0.15, 0.2) is 42.0 Å². The molecule has 0 aliphatic heterocycles. The summed E-state index contributed by atoms with van der Waals surface area (Å²) in [6.45, 7) is 0. The van der Waals surface area contributed by atoms with Crippen molar-refractivity contribution in [3.05, 3.63) is 47.2 Å². The Kier molecular flexibility index (Phi) is 2.95. The lowest BCUT2D eigenvalue weighted by atomic mass is 10.3. The van der Waals surface area contributed by atoms with Crippen LogP contribution in [0.5, 0.6) is 11.2 Å². The summed E-state index contributed by atoms with van der Waals surface area (Å²) in [6.07, 6.45) is 1.58. The minimum absolute atomic E-state index is 0.241. The van der Waals surface area contributed by atoms with Crippen LogP contribution < -0.4 is 4.74 Å². The van der Waals surface area contributed by atoms with Crippen LogP contribution in [0.1, 0.15) is 0 Å². The van der Waals surface area contributed by atoms with E-state index in [4.69, 9.17) is 16.3 Å². The van der Waals surface area contributed by atoms with E-state index in [2.05, 4.69) is 15.1 Å². The minimum atomic E-state index is 0.241. The van der Waals surface area contributed by atoms with E-state index in [1.165, 1.54) is 11.3 Å². The van der Waals surface area contributed by atoms with Crippen molar-refractivity contribution in [3.63, 3.8) is 0 Å². The maximum atomic E-state index is 5.70. The molecule has 7 heteroatoms. The third-order valence-electron chi connectivity index (χ3n) is 2.13. The van der Waals surface area contributed by atoms with E-state index in [1.54, 1.807) is 16.4 Å². The van der Waals surface area contributed by atoms with Crippen molar-refractivity contribution in [2.75, 3.05) is 0 Å². The molecule has 2 heterocycles. The second-order valence-corrected chi connectivity index (χ2v) is 4.55. The highest BCUT2D eigenvalue weighted by Crippen LogP contribution is 2.25. The number of ether oxygens (including phenoxy) is 1. The first kappa shape index (κ1) is 11.2. The number of hydrogen-bond donors (Lipinski definition) is 0. The predicted octanol–water partition coefficient (Wildman–Crippen LogP) is 3.17. The van der Waals surface area contributed by atoms with E-state index < -0.39 is 0 Å². The molecular weight excluding hydrogens is 272 g/mol. The lowest BCUT2D eigenvalue weighted by Crippen LogP contribution is -1.94. The molecule has 0 saturated heterocycles. The van der Waals surface area contributed by atoms with Crippen LogP contribution in [0.3, 0.4) is 0 Å². The van der Waals surface area contributed by atoms with E-state index in [0.717, 1.165) is 5.69 Å². The molecule has 0 aliphatic carbocycles. The van der Waals surface area contributed by atoms with E-state index in [1.807, 2.05) is 30.3 Å². The van der Waals surface area contributed by atoms with Crippen molar-refractivity contribution in [2.24, 2.45) is 0 Å². The van der Waals surface area contributed by atoms with Gasteiger partial charge in [0.15, 0.2) is 0 Å². The molecule has 3 aromatic rings. The number of para-hydroxylation sites is 1. The van der Waals surface area contributed by atoms with E-state index in [9.17, 15) is 0 Å². The molecule has 0 radical (unpaired) electrons. The second-order valence-electron chi connectivity index (χ2n) is 3.35. The highest BCUT2D eigenvalue weighted by atomic mass is 35.5. The zero-order valence-electron chi connectivity index (χ0n) is 9.02. The monoisotopic (exact) mass is 278 g/mol. The lowest BCUT2D eigenvalue weighted by molar-refractivity contribution is 0.438. The molecule has 90 valence electrons. The van der Waals surface area contributed by atoms with Gasteiger partial charge >= 0.3 is 6.01 Å². The van der Waals surface area contributed by atoms with Crippen molar-refractivity contribution < 1.29 is 4.74 Å². The van der Waals surface area contributed by atoms with Gasteiger partial charge in [0.2, 0.25) is 0 Å². The molecule has 0 atom stereocenters. The van der Waals surface area contributed by atoms with Crippen molar-refractivity contribution in [1.29, 1.82) is 0 Å². The molecular formula is C11H7ClN4OS. The summed E-state index contributed by atoms with van der Waals surface area (Å²) in [6, 6.07) is 9.90. The second kappa shape index (κ2) is 4.75. The van der Waals surface area contributed by atoms with Crippen LogP contribution in [0.25, 0.3) is 5.69 Å². The van der Waals surface area contributed by atoms with Crippen LogP contribution in [-0.2, 0) is 0 Å². The lowest BCUT2D eigenvalue weighted by Gasteiger charge is -1.97. The molecule has 18 heavy (non-hydrogen) atoms. The molecule has 2 aromatic heterocycles. The Morgan fingerprint density at radius 2 is 2.06 bits per heavy atom. The smallest absolute Gasteiger partial charge is 0.343 e. The highest BCUT2D eigenvalue weighted by molar-refractivity contribution is 7.11. The third kappa shape index (κ3) is 2.34. The van der Waals surface area contributed by atoms with Gasteiger partial charge in [-0.05, 0) is 12.1 Å². The fourth-order valence-electron chi connectivity index (χ4n) is 1.36. The normalized spacial score (nSPS) is 10.5. The molecule has 1 aromatic carbocycles. The molecule has 5 nitrogen and oxygen atoms in total. The van der Waals surface area contributed by atoms with Crippen LogP contribution in [0.4, 0.5) is 0 Å². The number of thiazole rings is 1. The summed E-state index contributed by atoms with van der Waals surface area (Å²) in [7, 11) is 0. The maximum absolute atomic E-state index is 5.70. The molecule has 3 rings (SSSR count). The van der Waals surface area contributed by atoms with Gasteiger partial charge in [-0.15, -0.1) is 5.10 Å². The van der Waals surface area contributed by atoms with E-state index >= 15 is 0 Å². The molecule has 0 spiro atoms. The summed E-state index contributed by atoms with van der Waals surface area (Å²) in [5, 5.41) is 6.70. The van der Waals surface area contributed by atoms with Crippen LogP contribution in [0, 0.1) is 0 Å². The number of hydrogen-bond acceptors (Lipinski definition) is 5. The molecule has 0 saturated carbocycles.